The van der Waals surface area contributed by atoms with E-state index in [1.54, 1.807) is 11.8 Å². The average Bonchev–Trinajstić information content (AvgIpc) is 3.56. The number of para-hydroxylation sites is 2. The molecule has 1 aliphatic rings. The van der Waals surface area contributed by atoms with E-state index in [9.17, 15) is 4.79 Å². The van der Waals surface area contributed by atoms with Gasteiger partial charge >= 0.3 is 0 Å². The van der Waals surface area contributed by atoms with Gasteiger partial charge in [-0.3, -0.25) is 9.69 Å². The third-order valence-corrected chi connectivity index (χ3v) is 7.06. The molecule has 0 saturated carbocycles. The van der Waals surface area contributed by atoms with E-state index < -0.39 is 0 Å². The van der Waals surface area contributed by atoms with Crippen LogP contribution in [0.4, 0.5) is 5.69 Å². The van der Waals surface area contributed by atoms with Crippen molar-refractivity contribution in [1.29, 1.82) is 0 Å². The molecule has 1 amide bonds. The minimum atomic E-state index is -0.194. The van der Waals surface area contributed by atoms with Crippen LogP contribution in [0.15, 0.2) is 95.5 Å². The molecule has 3 heterocycles. The first kappa shape index (κ1) is 19.9. The first-order chi connectivity index (χ1) is 16.2. The van der Waals surface area contributed by atoms with Crippen LogP contribution in [-0.4, -0.2) is 21.4 Å². The number of carbonyl (C=O) groups excluding carboxylic acids is 1. The van der Waals surface area contributed by atoms with Gasteiger partial charge in [-0.25, -0.2) is 4.68 Å². The molecule has 1 unspecified atom stereocenters. The second-order valence-electron chi connectivity index (χ2n) is 8.12. The fraction of sp³-hybridized carbons (Fsp3) is 0.111. The van der Waals surface area contributed by atoms with E-state index >= 15 is 0 Å². The van der Waals surface area contributed by atoms with Crippen molar-refractivity contribution >= 4 is 34.3 Å². The predicted octanol–water partition coefficient (Wildman–Crippen LogP) is 6.37. The average molecular weight is 452 g/mol. The Morgan fingerprint density at radius 1 is 0.939 bits per heavy atom. The van der Waals surface area contributed by atoms with E-state index in [2.05, 4.69) is 0 Å². The first-order valence-electron chi connectivity index (χ1n) is 10.8. The molecular formula is C27H21N3O2S. The van der Waals surface area contributed by atoms with Gasteiger partial charge < -0.3 is 4.42 Å². The number of anilines is 1. The van der Waals surface area contributed by atoms with E-state index in [0.717, 1.165) is 39.2 Å². The highest BCUT2D eigenvalue weighted by Gasteiger charge is 2.37. The zero-order valence-electron chi connectivity index (χ0n) is 18.0. The lowest BCUT2D eigenvalue weighted by Gasteiger charge is -2.24. The normalized spacial score (nSPS) is 16.1. The molecule has 5 aromatic rings. The number of nitrogens with zero attached hydrogens (tertiary/aromatic N) is 3. The van der Waals surface area contributed by atoms with Gasteiger partial charge in [0.1, 0.15) is 16.7 Å². The van der Waals surface area contributed by atoms with Gasteiger partial charge in [0.25, 0.3) is 0 Å². The highest BCUT2D eigenvalue weighted by Crippen LogP contribution is 2.45. The van der Waals surface area contributed by atoms with Crippen molar-refractivity contribution in [2.45, 2.75) is 12.3 Å². The molecule has 2 aromatic heterocycles. The van der Waals surface area contributed by atoms with Crippen molar-refractivity contribution in [1.82, 2.24) is 9.78 Å². The van der Waals surface area contributed by atoms with E-state index in [-0.39, 0.29) is 11.3 Å². The number of amides is 1. The van der Waals surface area contributed by atoms with Crippen LogP contribution in [0.5, 0.6) is 0 Å². The number of thioether (sulfide) groups is 1. The molecule has 6 rings (SSSR count). The summed E-state index contributed by atoms with van der Waals surface area (Å²) in [4.78, 5) is 14.8. The number of furan rings is 1. The third-order valence-electron chi connectivity index (χ3n) is 5.87. The number of hydrogen-bond acceptors (Lipinski definition) is 4. The molecule has 33 heavy (non-hydrogen) atoms. The Morgan fingerprint density at radius 2 is 1.70 bits per heavy atom. The van der Waals surface area contributed by atoms with E-state index in [1.165, 1.54) is 0 Å². The molecule has 1 fully saturated rings. The standard InChI is InChI=1S/C27H21N3O2S/c1-18-11-13-21(14-12-18)30-25(31)17-33-27(30)22-16-29(20-8-3-2-4-9-20)28-26(22)24-15-19-7-5-6-10-23(19)32-24/h2-16,27H,17H2,1H3. The number of aromatic nitrogens is 2. The van der Waals surface area contributed by atoms with Crippen LogP contribution < -0.4 is 4.90 Å². The number of benzene rings is 3. The molecule has 3 aromatic carbocycles. The minimum Gasteiger partial charge on any atom is -0.454 e. The third kappa shape index (κ3) is 3.52. The Balaban J connectivity index is 1.51. The zero-order valence-corrected chi connectivity index (χ0v) is 18.8. The van der Waals surface area contributed by atoms with Crippen molar-refractivity contribution in [3.63, 3.8) is 0 Å². The summed E-state index contributed by atoms with van der Waals surface area (Å²) >= 11 is 1.62. The maximum atomic E-state index is 13.0. The van der Waals surface area contributed by atoms with E-state index in [1.807, 2.05) is 108 Å². The maximum absolute atomic E-state index is 13.0. The summed E-state index contributed by atoms with van der Waals surface area (Å²) < 4.78 is 8.07. The Bertz CT molecular complexity index is 1420. The molecule has 0 spiro atoms. The lowest BCUT2D eigenvalue weighted by atomic mass is 10.1. The van der Waals surface area contributed by atoms with Crippen LogP contribution in [-0.2, 0) is 4.79 Å². The van der Waals surface area contributed by atoms with Gasteiger partial charge in [0.2, 0.25) is 5.91 Å². The number of fused-ring (bicyclic) bond motifs is 1. The molecule has 0 N–H and O–H groups in total. The monoisotopic (exact) mass is 451 g/mol. The number of carbonyl (C=O) groups is 1. The van der Waals surface area contributed by atoms with Crippen molar-refractivity contribution in [2.24, 2.45) is 0 Å². The van der Waals surface area contributed by atoms with Crippen molar-refractivity contribution in [2.75, 3.05) is 10.7 Å². The number of rotatable bonds is 4. The van der Waals surface area contributed by atoms with Crippen LogP contribution >= 0.6 is 11.8 Å². The van der Waals surface area contributed by atoms with Crippen molar-refractivity contribution < 1.29 is 9.21 Å². The Kier molecular flexibility index (Phi) is 4.80. The van der Waals surface area contributed by atoms with E-state index in [4.69, 9.17) is 9.52 Å². The fourth-order valence-corrected chi connectivity index (χ4v) is 5.39. The SMILES string of the molecule is Cc1ccc(N2C(=O)CSC2c2cn(-c3ccccc3)nc2-c2cc3ccccc3o2)cc1. The maximum Gasteiger partial charge on any atom is 0.238 e. The molecule has 5 nitrogen and oxygen atoms in total. The topological polar surface area (TPSA) is 51.3 Å². The van der Waals surface area contributed by atoms with Gasteiger partial charge in [-0.15, -0.1) is 11.8 Å². The second kappa shape index (κ2) is 7.98. The summed E-state index contributed by atoms with van der Waals surface area (Å²) in [6.45, 7) is 2.05. The molecule has 6 heteroatoms. The Labute approximate surface area is 195 Å². The number of hydrogen-bond donors (Lipinski definition) is 0. The van der Waals surface area contributed by atoms with Gasteiger partial charge in [0.15, 0.2) is 5.76 Å². The summed E-state index contributed by atoms with van der Waals surface area (Å²) in [5, 5.41) is 5.76. The zero-order chi connectivity index (χ0) is 22.4. The number of aryl methyl sites for hydroxylation is 1. The highest BCUT2D eigenvalue weighted by molar-refractivity contribution is 8.00. The highest BCUT2D eigenvalue weighted by atomic mass is 32.2. The quantitative estimate of drug-likeness (QED) is 0.318. The molecule has 1 saturated heterocycles. The van der Waals surface area contributed by atoms with Crippen molar-refractivity contribution in [3.8, 4) is 17.1 Å². The molecule has 162 valence electrons. The summed E-state index contributed by atoms with van der Waals surface area (Å²) in [6.07, 6.45) is 2.02. The smallest absolute Gasteiger partial charge is 0.238 e. The van der Waals surface area contributed by atoms with Gasteiger partial charge in [0.05, 0.1) is 11.4 Å². The summed E-state index contributed by atoms with van der Waals surface area (Å²) in [6, 6.07) is 28.1. The van der Waals surface area contributed by atoms with E-state index in [0.29, 0.717) is 11.5 Å². The molecule has 0 aliphatic carbocycles. The lowest BCUT2D eigenvalue weighted by molar-refractivity contribution is -0.115. The van der Waals surface area contributed by atoms with Crippen molar-refractivity contribution in [3.05, 3.63) is 102 Å². The molecule has 0 bridgehead atoms. The largest absolute Gasteiger partial charge is 0.454 e. The van der Waals surface area contributed by atoms with Crippen LogP contribution in [0.3, 0.4) is 0 Å². The summed E-state index contributed by atoms with van der Waals surface area (Å²) in [5.74, 6) is 1.22. The fourth-order valence-electron chi connectivity index (χ4n) is 4.21. The van der Waals surface area contributed by atoms with Gasteiger partial charge in [-0.1, -0.05) is 54.1 Å². The van der Waals surface area contributed by atoms with Gasteiger partial charge in [-0.05, 0) is 43.3 Å². The predicted molar refractivity (Wildman–Crippen MR) is 133 cm³/mol. The van der Waals surface area contributed by atoms with Crippen LogP contribution in [0, 0.1) is 6.92 Å². The van der Waals surface area contributed by atoms with Crippen LogP contribution in [0.2, 0.25) is 0 Å². The van der Waals surface area contributed by atoms with Gasteiger partial charge in [-0.2, -0.15) is 5.10 Å². The van der Waals surface area contributed by atoms with Crippen LogP contribution in [0.1, 0.15) is 16.5 Å². The molecular weight excluding hydrogens is 430 g/mol. The molecule has 1 atom stereocenters. The van der Waals surface area contributed by atoms with Gasteiger partial charge in [0, 0.05) is 22.8 Å². The summed E-state index contributed by atoms with van der Waals surface area (Å²) in [7, 11) is 0. The first-order valence-corrected chi connectivity index (χ1v) is 11.9. The molecule has 1 aliphatic heterocycles. The Morgan fingerprint density at radius 3 is 2.48 bits per heavy atom. The summed E-state index contributed by atoms with van der Waals surface area (Å²) in [5.41, 5.74) is 5.53. The minimum absolute atomic E-state index is 0.0943. The molecule has 0 radical (unpaired) electrons. The Hall–Kier alpha value is -3.77. The second-order valence-corrected chi connectivity index (χ2v) is 9.19. The lowest BCUT2D eigenvalue weighted by Crippen LogP contribution is -2.27. The van der Waals surface area contributed by atoms with Crippen LogP contribution in [0.25, 0.3) is 28.1 Å².